The second kappa shape index (κ2) is 7.63. The zero-order valence-corrected chi connectivity index (χ0v) is 15.4. The summed E-state index contributed by atoms with van der Waals surface area (Å²) in [4.78, 5) is 25.2. The first-order chi connectivity index (χ1) is 13.5. The number of hydrogen-bond acceptors (Lipinski definition) is 7. The largest absolute Gasteiger partial charge is 0.369 e. The number of anilines is 1. The van der Waals surface area contributed by atoms with Crippen molar-refractivity contribution in [2.75, 3.05) is 31.1 Å². The lowest BCUT2D eigenvalue weighted by Gasteiger charge is -2.35. The van der Waals surface area contributed by atoms with Gasteiger partial charge in [0.05, 0.1) is 30.3 Å². The third-order valence-corrected chi connectivity index (χ3v) is 4.82. The predicted octanol–water partition coefficient (Wildman–Crippen LogP) is 1.68. The third kappa shape index (κ3) is 3.86. The Morgan fingerprint density at radius 1 is 1.21 bits per heavy atom. The highest BCUT2D eigenvalue weighted by Gasteiger charge is 2.19. The monoisotopic (exact) mass is 390 g/mol. The maximum atomic E-state index is 12.6. The number of aryl methyl sites for hydroxylation is 1. The molecule has 0 unspecified atom stereocenters. The van der Waals surface area contributed by atoms with E-state index in [4.69, 9.17) is 4.52 Å². The third-order valence-electron chi connectivity index (χ3n) is 4.82. The zero-order valence-electron chi connectivity index (χ0n) is 15.4. The molecule has 0 N–H and O–H groups in total. The number of fused-ring (bicyclic) bond motifs is 1. The number of rotatable bonds is 5. The van der Waals surface area contributed by atoms with Gasteiger partial charge < -0.3 is 9.42 Å². The van der Waals surface area contributed by atoms with Crippen LogP contribution in [0, 0.1) is 6.92 Å². The summed E-state index contributed by atoms with van der Waals surface area (Å²) in [5.41, 5.74) is 1.02. The van der Waals surface area contributed by atoms with Crippen molar-refractivity contribution in [3.63, 3.8) is 0 Å². The van der Waals surface area contributed by atoms with Crippen LogP contribution in [0.4, 0.5) is 14.5 Å². The van der Waals surface area contributed by atoms with Crippen LogP contribution in [0.5, 0.6) is 0 Å². The van der Waals surface area contributed by atoms with Gasteiger partial charge in [0.25, 0.3) is 12.0 Å². The van der Waals surface area contributed by atoms with E-state index in [0.29, 0.717) is 29.2 Å². The number of hydrogen-bond donors (Lipinski definition) is 0. The molecule has 3 aromatic rings. The van der Waals surface area contributed by atoms with Crippen molar-refractivity contribution in [2.24, 2.45) is 0 Å². The van der Waals surface area contributed by atoms with E-state index in [2.05, 4.69) is 24.9 Å². The summed E-state index contributed by atoms with van der Waals surface area (Å²) in [6.07, 6.45) is -1.41. The molecule has 4 rings (SSSR count). The normalized spacial score (nSPS) is 15.6. The molecule has 10 heteroatoms. The Hall–Kier alpha value is -2.88. The topological polar surface area (TPSA) is 80.3 Å². The van der Waals surface area contributed by atoms with E-state index in [9.17, 15) is 13.6 Å². The molecule has 1 saturated heterocycles. The average molecular weight is 390 g/mol. The molecular weight excluding hydrogens is 370 g/mol. The number of nitrogens with zero attached hydrogens (tertiary/aromatic N) is 6. The van der Waals surface area contributed by atoms with Crippen molar-refractivity contribution in [3.05, 3.63) is 46.6 Å². The number of alkyl halides is 2. The Bertz CT molecular complexity index is 1030. The lowest BCUT2D eigenvalue weighted by molar-refractivity contribution is 0.125. The van der Waals surface area contributed by atoms with Crippen molar-refractivity contribution >= 4 is 16.6 Å². The molecule has 0 spiro atoms. The average Bonchev–Trinajstić information content (AvgIpc) is 3.09. The maximum Gasteiger partial charge on any atom is 0.261 e. The van der Waals surface area contributed by atoms with Crippen molar-refractivity contribution in [3.8, 4) is 0 Å². The van der Waals surface area contributed by atoms with Crippen LogP contribution in [-0.4, -0.2) is 57.2 Å². The summed E-state index contributed by atoms with van der Waals surface area (Å²) >= 11 is 0. The van der Waals surface area contributed by atoms with E-state index < -0.39 is 18.5 Å². The fraction of sp³-hybridized carbons (Fsp3) is 0.444. The Kier molecular flexibility index (Phi) is 5.03. The standard InChI is InChI=1S/C18H20F2N6O2/c1-12-22-17(23-28-12)10-24-4-6-25(7-5-24)13-2-3-14-15(8-13)21-11-26(18(14)27)9-16(19)20/h2-3,8,11,16H,4-7,9-10H2,1H3. The van der Waals surface area contributed by atoms with Crippen LogP contribution in [0.2, 0.25) is 0 Å². The van der Waals surface area contributed by atoms with Crippen molar-refractivity contribution in [1.82, 2.24) is 24.6 Å². The van der Waals surface area contributed by atoms with Crippen LogP contribution in [0.1, 0.15) is 11.7 Å². The minimum absolute atomic E-state index is 0.345. The van der Waals surface area contributed by atoms with Gasteiger partial charge in [-0.1, -0.05) is 5.16 Å². The lowest BCUT2D eigenvalue weighted by Crippen LogP contribution is -2.46. The molecule has 2 aromatic heterocycles. The van der Waals surface area contributed by atoms with Gasteiger partial charge in [-0.15, -0.1) is 0 Å². The van der Waals surface area contributed by atoms with Crippen molar-refractivity contribution < 1.29 is 13.3 Å². The van der Waals surface area contributed by atoms with Gasteiger partial charge in [0.1, 0.15) is 0 Å². The van der Waals surface area contributed by atoms with Gasteiger partial charge in [0.2, 0.25) is 5.89 Å². The highest BCUT2D eigenvalue weighted by Crippen LogP contribution is 2.21. The summed E-state index contributed by atoms with van der Waals surface area (Å²) in [6.45, 7) is 5.07. The van der Waals surface area contributed by atoms with Gasteiger partial charge in [0, 0.05) is 38.8 Å². The molecule has 0 saturated carbocycles. The van der Waals surface area contributed by atoms with Gasteiger partial charge >= 0.3 is 0 Å². The van der Waals surface area contributed by atoms with E-state index in [1.165, 1.54) is 6.33 Å². The number of halogens is 2. The fourth-order valence-corrected chi connectivity index (χ4v) is 3.39. The molecule has 1 aliphatic rings. The van der Waals surface area contributed by atoms with Gasteiger partial charge in [0.15, 0.2) is 5.82 Å². The SMILES string of the molecule is Cc1nc(CN2CCN(c3ccc4c(=O)n(CC(F)F)cnc4c3)CC2)no1. The summed E-state index contributed by atoms with van der Waals surface area (Å²) in [6, 6.07) is 5.34. The van der Waals surface area contributed by atoms with Gasteiger partial charge in [-0.3, -0.25) is 14.3 Å². The molecule has 1 aliphatic heterocycles. The van der Waals surface area contributed by atoms with E-state index in [0.717, 1.165) is 36.4 Å². The number of benzene rings is 1. The molecule has 148 valence electrons. The van der Waals surface area contributed by atoms with Crippen LogP contribution in [0.25, 0.3) is 10.9 Å². The second-order valence-corrected chi connectivity index (χ2v) is 6.79. The quantitative estimate of drug-likeness (QED) is 0.656. The molecule has 0 bridgehead atoms. The molecule has 0 aliphatic carbocycles. The van der Waals surface area contributed by atoms with Gasteiger partial charge in [-0.2, -0.15) is 4.98 Å². The second-order valence-electron chi connectivity index (χ2n) is 6.79. The highest BCUT2D eigenvalue weighted by atomic mass is 19.3. The van der Waals surface area contributed by atoms with Gasteiger partial charge in [-0.25, -0.2) is 13.8 Å². The van der Waals surface area contributed by atoms with E-state index >= 15 is 0 Å². The molecule has 3 heterocycles. The molecule has 28 heavy (non-hydrogen) atoms. The van der Waals surface area contributed by atoms with E-state index in [-0.39, 0.29) is 0 Å². The molecule has 0 amide bonds. The summed E-state index contributed by atoms with van der Waals surface area (Å²) in [5, 5.41) is 4.27. The number of aromatic nitrogens is 4. The predicted molar refractivity (Wildman–Crippen MR) is 98.5 cm³/mol. The minimum atomic E-state index is -2.59. The van der Waals surface area contributed by atoms with Crippen molar-refractivity contribution in [1.29, 1.82) is 0 Å². The minimum Gasteiger partial charge on any atom is -0.369 e. The lowest BCUT2D eigenvalue weighted by atomic mass is 10.2. The molecule has 0 radical (unpaired) electrons. The number of piperazine rings is 1. The maximum absolute atomic E-state index is 12.6. The van der Waals surface area contributed by atoms with Crippen LogP contribution in [-0.2, 0) is 13.1 Å². The van der Waals surface area contributed by atoms with Gasteiger partial charge in [-0.05, 0) is 18.2 Å². The summed E-state index contributed by atoms with van der Waals surface area (Å²) in [5.74, 6) is 1.24. The van der Waals surface area contributed by atoms with E-state index in [1.807, 2.05) is 12.1 Å². The van der Waals surface area contributed by atoms with Crippen LogP contribution < -0.4 is 10.5 Å². The highest BCUT2D eigenvalue weighted by molar-refractivity contribution is 5.81. The Labute approximate surface area is 159 Å². The van der Waals surface area contributed by atoms with Crippen LogP contribution in [0.3, 0.4) is 0 Å². The summed E-state index contributed by atoms with van der Waals surface area (Å²) < 4.78 is 31.1. The Morgan fingerprint density at radius 2 is 2.00 bits per heavy atom. The molecule has 0 atom stereocenters. The first-order valence-electron chi connectivity index (χ1n) is 9.03. The first kappa shape index (κ1) is 18.5. The molecule has 8 nitrogen and oxygen atoms in total. The van der Waals surface area contributed by atoms with Crippen LogP contribution in [0.15, 0.2) is 33.8 Å². The Balaban J connectivity index is 1.45. The Morgan fingerprint density at radius 3 is 2.68 bits per heavy atom. The van der Waals surface area contributed by atoms with Crippen molar-refractivity contribution in [2.45, 2.75) is 26.4 Å². The molecular formula is C18H20F2N6O2. The van der Waals surface area contributed by atoms with E-state index in [1.54, 1.807) is 13.0 Å². The first-order valence-corrected chi connectivity index (χ1v) is 9.03. The fourth-order valence-electron chi connectivity index (χ4n) is 3.39. The molecule has 1 aromatic carbocycles. The summed E-state index contributed by atoms with van der Waals surface area (Å²) in [7, 11) is 0. The smallest absolute Gasteiger partial charge is 0.261 e. The van der Waals surface area contributed by atoms with Crippen LogP contribution >= 0.6 is 0 Å². The zero-order chi connectivity index (χ0) is 19.7. The molecule has 1 fully saturated rings.